The summed E-state index contributed by atoms with van der Waals surface area (Å²) < 4.78 is 24.3. The maximum absolute atomic E-state index is 12.4. The summed E-state index contributed by atoms with van der Waals surface area (Å²) in [5.41, 5.74) is 0. The number of nitrogens with one attached hydrogen (secondary N) is 1. The van der Waals surface area contributed by atoms with Gasteiger partial charge in [0.05, 0.1) is 30.8 Å². The molecule has 2 rings (SSSR count). The summed E-state index contributed by atoms with van der Waals surface area (Å²) in [6.45, 7) is 12.4. The van der Waals surface area contributed by atoms with E-state index in [4.69, 9.17) is 9.16 Å². The lowest BCUT2D eigenvalue weighted by Crippen LogP contribution is -2.68. The van der Waals surface area contributed by atoms with Crippen molar-refractivity contribution in [2.24, 2.45) is 11.8 Å². The van der Waals surface area contributed by atoms with Crippen LogP contribution >= 0.6 is 0 Å². The summed E-state index contributed by atoms with van der Waals surface area (Å²) >= 11 is 0. The molecule has 0 aromatic heterocycles. The number of ether oxygens (including phenoxy) is 1. The summed E-state index contributed by atoms with van der Waals surface area (Å²) in [7, 11) is -1.98. The standard InChI is InChI=1S/C19H36FNO4Si/c1-12(25-26(5,6)19(2,3)4)15-16(21-18(15)23)13-8-7-9-14(17(13)22)24-11-10-20/h12-17,22H,7-11H2,1-6H3,(H,21,23)/t12-,13-,14+,15-,16?,17+/m1/s1. The number of aliphatic hydroxyl groups is 1. The highest BCUT2D eigenvalue weighted by atomic mass is 28.4. The molecular weight excluding hydrogens is 353 g/mol. The molecule has 2 fully saturated rings. The van der Waals surface area contributed by atoms with Gasteiger partial charge in [-0.1, -0.05) is 27.2 Å². The van der Waals surface area contributed by atoms with Gasteiger partial charge in [-0.15, -0.1) is 0 Å². The van der Waals surface area contributed by atoms with Gasteiger partial charge in [0.15, 0.2) is 8.32 Å². The van der Waals surface area contributed by atoms with Gasteiger partial charge in [-0.3, -0.25) is 4.79 Å². The first kappa shape index (κ1) is 21.8. The Bertz CT molecular complexity index is 496. The van der Waals surface area contributed by atoms with Crippen LogP contribution in [-0.4, -0.2) is 57.0 Å². The molecule has 1 aliphatic carbocycles. The number of amides is 1. The van der Waals surface area contributed by atoms with Gasteiger partial charge >= 0.3 is 0 Å². The Morgan fingerprint density at radius 1 is 1.35 bits per heavy atom. The van der Waals surface area contributed by atoms with Crippen LogP contribution in [0, 0.1) is 11.8 Å². The van der Waals surface area contributed by atoms with E-state index < -0.39 is 21.1 Å². The van der Waals surface area contributed by atoms with Crippen molar-refractivity contribution in [2.75, 3.05) is 13.3 Å². The number of rotatable bonds is 7. The first-order valence-corrected chi connectivity index (χ1v) is 12.7. The number of carbonyl (C=O) groups is 1. The molecule has 7 heteroatoms. The molecule has 1 saturated heterocycles. The molecule has 5 nitrogen and oxygen atoms in total. The Morgan fingerprint density at radius 3 is 2.54 bits per heavy atom. The molecule has 0 bridgehead atoms. The van der Waals surface area contributed by atoms with Crippen molar-refractivity contribution < 1.29 is 23.5 Å². The van der Waals surface area contributed by atoms with Crippen LogP contribution in [0.3, 0.4) is 0 Å². The van der Waals surface area contributed by atoms with Crippen molar-refractivity contribution in [3.63, 3.8) is 0 Å². The highest BCUT2D eigenvalue weighted by Crippen LogP contribution is 2.41. The van der Waals surface area contributed by atoms with Crippen LogP contribution in [0.2, 0.25) is 18.1 Å². The highest BCUT2D eigenvalue weighted by Gasteiger charge is 2.52. The van der Waals surface area contributed by atoms with E-state index in [0.717, 1.165) is 19.3 Å². The quantitative estimate of drug-likeness (QED) is 0.519. The molecule has 152 valence electrons. The van der Waals surface area contributed by atoms with Crippen molar-refractivity contribution in [1.29, 1.82) is 0 Å². The van der Waals surface area contributed by atoms with E-state index in [1.165, 1.54) is 0 Å². The van der Waals surface area contributed by atoms with Gasteiger partial charge in [-0.25, -0.2) is 4.39 Å². The van der Waals surface area contributed by atoms with Crippen LogP contribution in [-0.2, 0) is 14.0 Å². The third kappa shape index (κ3) is 4.48. The summed E-state index contributed by atoms with van der Waals surface area (Å²) in [4.78, 5) is 12.3. The zero-order valence-electron chi connectivity index (χ0n) is 17.0. The third-order valence-corrected chi connectivity index (χ3v) is 11.1. The van der Waals surface area contributed by atoms with E-state index in [0.29, 0.717) is 0 Å². The van der Waals surface area contributed by atoms with Crippen LogP contribution in [0.1, 0.15) is 47.0 Å². The van der Waals surface area contributed by atoms with Crippen LogP contribution in [0.5, 0.6) is 0 Å². The fourth-order valence-electron chi connectivity index (χ4n) is 3.95. The number of halogens is 1. The Balaban J connectivity index is 2.05. The molecular formula is C19H36FNO4Si. The molecule has 1 heterocycles. The molecule has 2 aliphatic rings. The van der Waals surface area contributed by atoms with Crippen molar-refractivity contribution in [2.45, 2.75) is 89.4 Å². The van der Waals surface area contributed by atoms with Crippen LogP contribution < -0.4 is 5.32 Å². The van der Waals surface area contributed by atoms with Crippen LogP contribution in [0.15, 0.2) is 0 Å². The largest absolute Gasteiger partial charge is 0.413 e. The maximum Gasteiger partial charge on any atom is 0.228 e. The Kier molecular flexibility index (Phi) is 6.91. The predicted molar refractivity (Wildman–Crippen MR) is 102 cm³/mol. The summed E-state index contributed by atoms with van der Waals surface area (Å²) in [5, 5.41) is 13.8. The molecule has 0 aromatic carbocycles. The topological polar surface area (TPSA) is 67.8 Å². The minimum atomic E-state index is -1.98. The fourth-order valence-corrected chi connectivity index (χ4v) is 5.38. The van der Waals surface area contributed by atoms with Crippen molar-refractivity contribution in [3.05, 3.63) is 0 Å². The minimum Gasteiger partial charge on any atom is -0.413 e. The van der Waals surface area contributed by atoms with Gasteiger partial charge in [-0.2, -0.15) is 0 Å². The van der Waals surface area contributed by atoms with E-state index >= 15 is 0 Å². The lowest BCUT2D eigenvalue weighted by Gasteiger charge is -2.50. The van der Waals surface area contributed by atoms with Gasteiger partial charge < -0.3 is 19.6 Å². The van der Waals surface area contributed by atoms with E-state index in [1.54, 1.807) is 0 Å². The Morgan fingerprint density at radius 2 is 2.00 bits per heavy atom. The molecule has 1 saturated carbocycles. The number of hydrogen-bond acceptors (Lipinski definition) is 4. The molecule has 1 amide bonds. The van der Waals surface area contributed by atoms with E-state index in [2.05, 4.69) is 39.2 Å². The number of carbonyl (C=O) groups excluding carboxylic acids is 1. The smallest absolute Gasteiger partial charge is 0.228 e. The van der Waals surface area contributed by atoms with Crippen LogP contribution in [0.25, 0.3) is 0 Å². The summed E-state index contributed by atoms with van der Waals surface area (Å²) in [5.74, 6) is -0.314. The average molecular weight is 390 g/mol. The number of alkyl halides is 1. The number of β-lactam (4-membered cyclic amide) rings is 1. The van der Waals surface area contributed by atoms with E-state index in [-0.39, 0.29) is 47.6 Å². The third-order valence-electron chi connectivity index (χ3n) is 6.51. The van der Waals surface area contributed by atoms with Gasteiger partial charge in [0.25, 0.3) is 0 Å². The zero-order chi connectivity index (χ0) is 19.7. The molecule has 1 unspecified atom stereocenters. The normalized spacial score (nSPS) is 34.2. The lowest BCUT2D eigenvalue weighted by molar-refractivity contribution is -0.151. The average Bonchev–Trinajstić information content (AvgIpc) is 2.50. The predicted octanol–water partition coefficient (Wildman–Crippen LogP) is 3.03. The first-order valence-electron chi connectivity index (χ1n) is 9.83. The molecule has 0 spiro atoms. The molecule has 1 aliphatic heterocycles. The van der Waals surface area contributed by atoms with Gasteiger partial charge in [0, 0.05) is 12.0 Å². The first-order chi connectivity index (χ1) is 12.0. The summed E-state index contributed by atoms with van der Waals surface area (Å²) in [6.07, 6.45) is 1.27. The number of aliphatic hydroxyl groups excluding tert-OH is 1. The molecule has 26 heavy (non-hydrogen) atoms. The minimum absolute atomic E-state index is 0.000194. The van der Waals surface area contributed by atoms with Gasteiger partial charge in [-0.05, 0) is 37.9 Å². The van der Waals surface area contributed by atoms with Gasteiger partial charge in [0.2, 0.25) is 5.91 Å². The highest BCUT2D eigenvalue weighted by molar-refractivity contribution is 6.74. The molecule has 0 aromatic rings. The lowest BCUT2D eigenvalue weighted by atomic mass is 9.70. The number of hydrogen-bond donors (Lipinski definition) is 2. The maximum atomic E-state index is 12.4. The zero-order valence-corrected chi connectivity index (χ0v) is 18.0. The SMILES string of the molecule is C[C@@H](O[Si](C)(C)C(C)(C)C)[C@H]1C(=O)NC1[C@H]1CCC[C@H](OCCF)[C@H]1O. The van der Waals surface area contributed by atoms with E-state index in [1.807, 2.05) is 6.92 Å². The second-order valence-electron chi connectivity index (χ2n) is 9.33. The van der Waals surface area contributed by atoms with Gasteiger partial charge in [0.1, 0.15) is 6.67 Å². The van der Waals surface area contributed by atoms with Crippen LogP contribution in [0.4, 0.5) is 4.39 Å². The molecule has 6 atom stereocenters. The Labute approximate surface area is 158 Å². The van der Waals surface area contributed by atoms with E-state index in [9.17, 15) is 14.3 Å². The van der Waals surface area contributed by atoms with Crippen molar-refractivity contribution in [1.82, 2.24) is 5.32 Å². The Hall–Kier alpha value is -0.503. The van der Waals surface area contributed by atoms with Crippen molar-refractivity contribution in [3.8, 4) is 0 Å². The summed E-state index contributed by atoms with van der Waals surface area (Å²) in [6, 6.07) is -0.103. The molecule has 0 radical (unpaired) electrons. The van der Waals surface area contributed by atoms with Crippen molar-refractivity contribution >= 4 is 14.2 Å². The monoisotopic (exact) mass is 389 g/mol. The second-order valence-corrected chi connectivity index (χ2v) is 14.1. The fraction of sp³-hybridized carbons (Fsp3) is 0.947. The second kappa shape index (κ2) is 8.25. The molecule has 2 N–H and O–H groups in total.